The van der Waals surface area contributed by atoms with Gasteiger partial charge in [0.2, 0.25) is 0 Å². The molecule has 0 N–H and O–H groups in total. The highest BCUT2D eigenvalue weighted by molar-refractivity contribution is 5.85. The Morgan fingerprint density at radius 2 is 2.00 bits per heavy atom. The van der Waals surface area contributed by atoms with E-state index >= 15 is 0 Å². The van der Waals surface area contributed by atoms with Gasteiger partial charge in [0.15, 0.2) is 0 Å². The molecule has 1 aromatic heterocycles. The van der Waals surface area contributed by atoms with Gasteiger partial charge < -0.3 is 0 Å². The van der Waals surface area contributed by atoms with E-state index in [0.717, 1.165) is 17.5 Å². The molecule has 0 atom stereocenters. The Morgan fingerprint density at radius 3 is 2.72 bits per heavy atom. The second-order valence-corrected chi connectivity index (χ2v) is 4.13. The SMILES string of the molecule is CC=Cc1nc(CCC)c(=O)nc2ccccc12. The first kappa shape index (κ1) is 12.4. The van der Waals surface area contributed by atoms with E-state index in [1.54, 1.807) is 0 Å². The maximum Gasteiger partial charge on any atom is 0.291 e. The van der Waals surface area contributed by atoms with Gasteiger partial charge in [0.25, 0.3) is 5.56 Å². The van der Waals surface area contributed by atoms with Gasteiger partial charge in [-0.15, -0.1) is 0 Å². The predicted molar refractivity (Wildman–Crippen MR) is 74.5 cm³/mol. The van der Waals surface area contributed by atoms with Crippen molar-refractivity contribution in [3.8, 4) is 0 Å². The van der Waals surface area contributed by atoms with E-state index < -0.39 is 0 Å². The summed E-state index contributed by atoms with van der Waals surface area (Å²) in [7, 11) is 0. The third-order valence-corrected chi connectivity index (χ3v) is 2.72. The van der Waals surface area contributed by atoms with Crippen molar-refractivity contribution in [3.05, 3.63) is 52.1 Å². The molecule has 92 valence electrons. The number of allylic oxidation sites excluding steroid dienone is 1. The molecule has 0 aliphatic rings. The monoisotopic (exact) mass is 240 g/mol. The molecule has 3 nitrogen and oxygen atoms in total. The van der Waals surface area contributed by atoms with Crippen LogP contribution in [0, 0.1) is 0 Å². The number of aryl methyl sites for hydroxylation is 1. The van der Waals surface area contributed by atoms with Crippen LogP contribution < -0.4 is 5.56 Å². The third-order valence-electron chi connectivity index (χ3n) is 2.72. The summed E-state index contributed by atoms with van der Waals surface area (Å²) < 4.78 is 0. The summed E-state index contributed by atoms with van der Waals surface area (Å²) in [5.74, 6) is 0. The lowest BCUT2D eigenvalue weighted by Gasteiger charge is -1.95. The minimum absolute atomic E-state index is 0.219. The zero-order valence-electron chi connectivity index (χ0n) is 10.7. The molecule has 0 amide bonds. The van der Waals surface area contributed by atoms with Crippen molar-refractivity contribution in [3.63, 3.8) is 0 Å². The molecule has 0 unspecified atom stereocenters. The first-order valence-corrected chi connectivity index (χ1v) is 6.19. The summed E-state index contributed by atoms with van der Waals surface area (Å²) in [5.41, 5.74) is 1.84. The molecule has 2 aromatic rings. The van der Waals surface area contributed by atoms with Crippen LogP contribution in [0.25, 0.3) is 17.0 Å². The number of nitrogens with zero attached hydrogens (tertiary/aromatic N) is 2. The Morgan fingerprint density at radius 1 is 1.22 bits per heavy atom. The molecular weight excluding hydrogens is 224 g/mol. The van der Waals surface area contributed by atoms with Gasteiger partial charge in [-0.25, -0.2) is 9.97 Å². The number of hydrogen-bond donors (Lipinski definition) is 0. The minimum Gasteiger partial charge on any atom is -0.265 e. The normalized spacial score (nSPS) is 11.2. The van der Waals surface area contributed by atoms with Crippen LogP contribution in [0.4, 0.5) is 0 Å². The van der Waals surface area contributed by atoms with Crippen LogP contribution >= 0.6 is 0 Å². The number of hydrogen-bond acceptors (Lipinski definition) is 3. The summed E-state index contributed by atoms with van der Waals surface area (Å²) in [4.78, 5) is 20.6. The highest BCUT2D eigenvalue weighted by Crippen LogP contribution is 2.14. The van der Waals surface area contributed by atoms with Gasteiger partial charge in [-0.05, 0) is 25.5 Å². The second-order valence-electron chi connectivity index (χ2n) is 4.13. The fraction of sp³-hybridized carbons (Fsp3) is 0.267. The topological polar surface area (TPSA) is 42.9 Å². The quantitative estimate of drug-likeness (QED) is 0.828. The summed E-state index contributed by atoms with van der Waals surface area (Å²) >= 11 is 0. The molecule has 0 aliphatic heterocycles. The number of rotatable bonds is 3. The third kappa shape index (κ3) is 2.45. The molecular formula is C15H16N2O. The lowest BCUT2D eigenvalue weighted by Crippen LogP contribution is -2.10. The van der Waals surface area contributed by atoms with Crippen LogP contribution in [0.15, 0.2) is 35.1 Å². The van der Waals surface area contributed by atoms with Crippen molar-refractivity contribution in [1.82, 2.24) is 9.97 Å². The number of benzene rings is 1. The van der Waals surface area contributed by atoms with Crippen LogP contribution in [0.2, 0.25) is 0 Å². The van der Waals surface area contributed by atoms with Crippen molar-refractivity contribution < 1.29 is 0 Å². The van der Waals surface area contributed by atoms with Crippen molar-refractivity contribution in [2.45, 2.75) is 26.7 Å². The summed E-state index contributed by atoms with van der Waals surface area (Å²) in [6.07, 6.45) is 5.40. The van der Waals surface area contributed by atoms with E-state index in [1.807, 2.05) is 50.3 Å². The number of para-hydroxylation sites is 1. The van der Waals surface area contributed by atoms with Gasteiger partial charge in [0.05, 0.1) is 11.2 Å². The maximum atomic E-state index is 12.0. The lowest BCUT2D eigenvalue weighted by atomic mass is 10.2. The van der Waals surface area contributed by atoms with Crippen LogP contribution in [0.1, 0.15) is 31.7 Å². The van der Waals surface area contributed by atoms with E-state index in [-0.39, 0.29) is 5.56 Å². The smallest absolute Gasteiger partial charge is 0.265 e. The van der Waals surface area contributed by atoms with Gasteiger partial charge >= 0.3 is 0 Å². The fourth-order valence-corrected chi connectivity index (χ4v) is 1.90. The molecule has 0 saturated heterocycles. The molecule has 0 radical (unpaired) electrons. The molecule has 0 saturated carbocycles. The second kappa shape index (κ2) is 5.54. The van der Waals surface area contributed by atoms with Gasteiger partial charge in [0, 0.05) is 5.39 Å². The highest BCUT2D eigenvalue weighted by Gasteiger charge is 2.05. The molecule has 18 heavy (non-hydrogen) atoms. The molecule has 1 aromatic carbocycles. The molecule has 1 heterocycles. The maximum absolute atomic E-state index is 12.0. The van der Waals surface area contributed by atoms with E-state index in [9.17, 15) is 4.79 Å². The molecule has 0 fully saturated rings. The number of fused-ring (bicyclic) bond motifs is 1. The Hall–Kier alpha value is -2.03. The number of aromatic nitrogens is 2. The summed E-state index contributed by atoms with van der Waals surface area (Å²) in [6, 6.07) is 7.61. The molecule has 0 spiro atoms. The zero-order valence-corrected chi connectivity index (χ0v) is 10.7. The molecule has 0 bridgehead atoms. The predicted octanol–water partition coefficient (Wildman–Crippen LogP) is 2.98. The lowest BCUT2D eigenvalue weighted by molar-refractivity contribution is 0.867. The average molecular weight is 240 g/mol. The Bertz CT molecular complexity index is 647. The van der Waals surface area contributed by atoms with Crippen molar-refractivity contribution >= 4 is 17.0 Å². The van der Waals surface area contributed by atoms with Crippen LogP contribution in [-0.2, 0) is 6.42 Å². The van der Waals surface area contributed by atoms with E-state index in [1.165, 1.54) is 0 Å². The molecule has 2 rings (SSSR count). The Balaban J connectivity index is 2.85. The first-order chi connectivity index (χ1) is 8.76. The van der Waals surface area contributed by atoms with Crippen LogP contribution in [0.5, 0.6) is 0 Å². The van der Waals surface area contributed by atoms with E-state index in [4.69, 9.17) is 0 Å². The highest BCUT2D eigenvalue weighted by atomic mass is 16.1. The van der Waals surface area contributed by atoms with Crippen LogP contribution in [-0.4, -0.2) is 9.97 Å². The van der Waals surface area contributed by atoms with Crippen molar-refractivity contribution in [2.24, 2.45) is 0 Å². The van der Waals surface area contributed by atoms with Crippen LogP contribution in [0.3, 0.4) is 0 Å². The minimum atomic E-state index is -0.219. The van der Waals surface area contributed by atoms with Crippen molar-refractivity contribution in [2.75, 3.05) is 0 Å². The largest absolute Gasteiger partial charge is 0.291 e. The van der Waals surface area contributed by atoms with E-state index in [0.29, 0.717) is 17.6 Å². The summed E-state index contributed by atoms with van der Waals surface area (Å²) in [5, 5.41) is 0.912. The first-order valence-electron chi connectivity index (χ1n) is 6.19. The standard InChI is InChI=1S/C15H16N2O/c1-3-7-12-11-9-5-6-10-13(11)17-15(18)14(16-12)8-4-2/h3,5-7,9-10H,4,8H2,1-2H3. The van der Waals surface area contributed by atoms with Gasteiger partial charge in [-0.3, -0.25) is 4.79 Å². The summed E-state index contributed by atoms with van der Waals surface area (Å²) in [6.45, 7) is 3.97. The Kier molecular flexibility index (Phi) is 3.82. The van der Waals surface area contributed by atoms with Gasteiger partial charge in [0.1, 0.15) is 5.69 Å². The Labute approximate surface area is 106 Å². The van der Waals surface area contributed by atoms with Gasteiger partial charge in [-0.1, -0.05) is 37.6 Å². The fourth-order valence-electron chi connectivity index (χ4n) is 1.90. The van der Waals surface area contributed by atoms with Gasteiger partial charge in [-0.2, -0.15) is 0 Å². The molecule has 3 heteroatoms. The zero-order chi connectivity index (χ0) is 13.0. The van der Waals surface area contributed by atoms with E-state index in [2.05, 4.69) is 9.97 Å². The van der Waals surface area contributed by atoms with Crippen molar-refractivity contribution in [1.29, 1.82) is 0 Å². The average Bonchev–Trinajstić information content (AvgIpc) is 2.49. The molecule has 0 aliphatic carbocycles.